The number of ether oxygens (including phenoxy) is 1. The number of alkyl halides is 3. The van der Waals surface area contributed by atoms with Gasteiger partial charge in [0.05, 0.1) is 0 Å². The molecule has 0 amide bonds. The second-order valence-corrected chi connectivity index (χ2v) is 4.45. The summed E-state index contributed by atoms with van der Waals surface area (Å²) in [6.45, 7) is 1.84. The van der Waals surface area contributed by atoms with Crippen LogP contribution < -0.4 is 10.5 Å². The van der Waals surface area contributed by atoms with Gasteiger partial charge < -0.3 is 10.5 Å². The van der Waals surface area contributed by atoms with Gasteiger partial charge in [-0.1, -0.05) is 42.5 Å². The molecule has 0 heterocycles. The van der Waals surface area contributed by atoms with Crippen LogP contribution in [-0.2, 0) is 0 Å². The fraction of sp³-hybridized carbons (Fsp3) is 0.200. The maximum absolute atomic E-state index is 12.4. The van der Waals surface area contributed by atoms with E-state index in [1.54, 1.807) is 36.4 Å². The number of hydrogen-bond donors (Lipinski definition) is 1. The molecule has 2 aromatic rings. The fourth-order valence-electron chi connectivity index (χ4n) is 1.89. The minimum atomic E-state index is -4.71. The highest BCUT2D eigenvalue weighted by atomic mass is 35.5. The molecule has 0 fully saturated rings. The predicted octanol–water partition coefficient (Wildman–Crippen LogP) is 4.69. The molecule has 0 aliphatic rings. The topological polar surface area (TPSA) is 35.2 Å². The van der Waals surface area contributed by atoms with Crippen molar-refractivity contribution in [1.29, 1.82) is 0 Å². The SMILES string of the molecule is CC(N)c1ccc(-c2ccccc2OC(F)(F)F)cc1.Cl. The third-order valence-corrected chi connectivity index (χ3v) is 2.86. The summed E-state index contributed by atoms with van der Waals surface area (Å²) in [5, 5.41) is 0. The number of para-hydroxylation sites is 1. The monoisotopic (exact) mass is 317 g/mol. The van der Waals surface area contributed by atoms with Gasteiger partial charge in [0.25, 0.3) is 0 Å². The standard InChI is InChI=1S/C15H14F3NO.ClH/c1-10(19)11-6-8-12(9-7-11)13-4-2-3-5-14(13)20-15(16,17)18;/h2-10H,19H2,1H3;1H. The minimum absolute atomic E-state index is 0. The average Bonchev–Trinajstić information content (AvgIpc) is 2.37. The molecular formula is C15H15ClF3NO. The Morgan fingerprint density at radius 1 is 1.00 bits per heavy atom. The minimum Gasteiger partial charge on any atom is -0.405 e. The first-order valence-electron chi connectivity index (χ1n) is 6.07. The zero-order valence-electron chi connectivity index (χ0n) is 11.2. The van der Waals surface area contributed by atoms with Crippen LogP contribution in [0.25, 0.3) is 11.1 Å². The van der Waals surface area contributed by atoms with E-state index < -0.39 is 6.36 Å². The summed E-state index contributed by atoms with van der Waals surface area (Å²) in [6.07, 6.45) is -4.71. The molecule has 21 heavy (non-hydrogen) atoms. The summed E-state index contributed by atoms with van der Waals surface area (Å²) in [5.41, 5.74) is 7.70. The number of hydrogen-bond acceptors (Lipinski definition) is 2. The molecule has 1 atom stereocenters. The van der Waals surface area contributed by atoms with E-state index in [2.05, 4.69) is 4.74 Å². The van der Waals surface area contributed by atoms with Crippen molar-refractivity contribution >= 4 is 12.4 Å². The van der Waals surface area contributed by atoms with Gasteiger partial charge in [-0.15, -0.1) is 25.6 Å². The summed E-state index contributed by atoms with van der Waals surface area (Å²) in [5.74, 6) is -0.214. The lowest BCUT2D eigenvalue weighted by molar-refractivity contribution is -0.274. The summed E-state index contributed by atoms with van der Waals surface area (Å²) in [4.78, 5) is 0. The van der Waals surface area contributed by atoms with E-state index >= 15 is 0 Å². The van der Waals surface area contributed by atoms with Gasteiger partial charge in [-0.25, -0.2) is 0 Å². The summed E-state index contributed by atoms with van der Waals surface area (Å²) < 4.78 is 41.1. The van der Waals surface area contributed by atoms with E-state index in [1.165, 1.54) is 12.1 Å². The molecule has 0 bridgehead atoms. The second kappa shape index (κ2) is 6.83. The normalized spacial score (nSPS) is 12.4. The molecule has 1 unspecified atom stereocenters. The van der Waals surface area contributed by atoms with Crippen molar-refractivity contribution in [2.45, 2.75) is 19.3 Å². The zero-order chi connectivity index (χ0) is 14.8. The molecule has 2 aromatic carbocycles. The van der Waals surface area contributed by atoms with Crippen LogP contribution in [-0.4, -0.2) is 6.36 Å². The lowest BCUT2D eigenvalue weighted by Gasteiger charge is -2.14. The smallest absolute Gasteiger partial charge is 0.405 e. The number of rotatable bonds is 3. The van der Waals surface area contributed by atoms with Gasteiger partial charge >= 0.3 is 6.36 Å². The van der Waals surface area contributed by atoms with Gasteiger partial charge in [0, 0.05) is 11.6 Å². The van der Waals surface area contributed by atoms with Crippen LogP contribution in [0.2, 0.25) is 0 Å². The van der Waals surface area contributed by atoms with E-state index in [0.29, 0.717) is 11.1 Å². The van der Waals surface area contributed by atoms with Gasteiger partial charge in [-0.05, 0) is 24.1 Å². The summed E-state index contributed by atoms with van der Waals surface area (Å²) >= 11 is 0. The first kappa shape index (κ1) is 17.3. The molecule has 2 nitrogen and oxygen atoms in total. The Labute approximate surface area is 127 Å². The summed E-state index contributed by atoms with van der Waals surface area (Å²) in [6, 6.07) is 13.0. The van der Waals surface area contributed by atoms with E-state index in [9.17, 15) is 13.2 Å². The third-order valence-electron chi connectivity index (χ3n) is 2.86. The van der Waals surface area contributed by atoms with Crippen molar-refractivity contribution in [1.82, 2.24) is 0 Å². The number of nitrogens with two attached hydrogens (primary N) is 1. The highest BCUT2D eigenvalue weighted by Crippen LogP contribution is 2.33. The molecule has 6 heteroatoms. The molecular weight excluding hydrogens is 303 g/mol. The summed E-state index contributed by atoms with van der Waals surface area (Å²) in [7, 11) is 0. The van der Waals surface area contributed by atoms with Crippen LogP contribution in [0.1, 0.15) is 18.5 Å². The van der Waals surface area contributed by atoms with Gasteiger partial charge in [-0.2, -0.15) is 0 Å². The zero-order valence-corrected chi connectivity index (χ0v) is 12.0. The quantitative estimate of drug-likeness (QED) is 0.891. The molecule has 0 aliphatic carbocycles. The number of halogens is 4. The van der Waals surface area contributed by atoms with Crippen LogP contribution >= 0.6 is 12.4 Å². The molecule has 0 aliphatic heterocycles. The molecule has 0 saturated carbocycles. The van der Waals surface area contributed by atoms with Crippen molar-refractivity contribution in [3.63, 3.8) is 0 Å². The van der Waals surface area contributed by atoms with Crippen LogP contribution in [0, 0.1) is 0 Å². The molecule has 0 saturated heterocycles. The maximum Gasteiger partial charge on any atom is 0.573 e. The van der Waals surface area contributed by atoms with Gasteiger partial charge in [-0.3, -0.25) is 0 Å². The Hall–Kier alpha value is -1.72. The Morgan fingerprint density at radius 3 is 2.10 bits per heavy atom. The van der Waals surface area contributed by atoms with Crippen LogP contribution in [0.15, 0.2) is 48.5 Å². The van der Waals surface area contributed by atoms with Crippen LogP contribution in [0.3, 0.4) is 0 Å². The highest BCUT2D eigenvalue weighted by molar-refractivity contribution is 5.85. The van der Waals surface area contributed by atoms with E-state index in [-0.39, 0.29) is 24.2 Å². The Morgan fingerprint density at radius 2 is 1.57 bits per heavy atom. The highest BCUT2D eigenvalue weighted by Gasteiger charge is 2.32. The Bertz CT molecular complexity index is 582. The van der Waals surface area contributed by atoms with E-state index in [1.807, 2.05) is 6.92 Å². The van der Waals surface area contributed by atoms with Gasteiger partial charge in [0.1, 0.15) is 5.75 Å². The molecule has 2 rings (SSSR count). The van der Waals surface area contributed by atoms with Crippen molar-refractivity contribution in [2.75, 3.05) is 0 Å². The van der Waals surface area contributed by atoms with Crippen molar-refractivity contribution in [3.05, 3.63) is 54.1 Å². The molecule has 0 radical (unpaired) electrons. The Balaban J connectivity index is 0.00000220. The van der Waals surface area contributed by atoms with Crippen molar-refractivity contribution in [2.24, 2.45) is 5.73 Å². The molecule has 2 N–H and O–H groups in total. The lowest BCUT2D eigenvalue weighted by Crippen LogP contribution is -2.17. The van der Waals surface area contributed by atoms with Gasteiger partial charge in [0.15, 0.2) is 0 Å². The van der Waals surface area contributed by atoms with Crippen molar-refractivity contribution < 1.29 is 17.9 Å². The largest absolute Gasteiger partial charge is 0.573 e. The van der Waals surface area contributed by atoms with Crippen LogP contribution in [0.4, 0.5) is 13.2 Å². The molecule has 0 spiro atoms. The number of benzene rings is 2. The first-order chi connectivity index (χ1) is 9.37. The van der Waals surface area contributed by atoms with Gasteiger partial charge in [0.2, 0.25) is 0 Å². The Kier molecular flexibility index (Phi) is 5.63. The van der Waals surface area contributed by atoms with E-state index in [0.717, 1.165) is 5.56 Å². The predicted molar refractivity (Wildman–Crippen MR) is 78.4 cm³/mol. The fourth-order valence-corrected chi connectivity index (χ4v) is 1.89. The molecule has 0 aromatic heterocycles. The van der Waals surface area contributed by atoms with Crippen LogP contribution in [0.5, 0.6) is 5.75 Å². The van der Waals surface area contributed by atoms with E-state index in [4.69, 9.17) is 5.73 Å². The maximum atomic E-state index is 12.4. The lowest BCUT2D eigenvalue weighted by atomic mass is 10.0. The second-order valence-electron chi connectivity index (χ2n) is 4.45. The molecule has 114 valence electrons. The van der Waals surface area contributed by atoms with Crippen molar-refractivity contribution in [3.8, 4) is 16.9 Å². The first-order valence-corrected chi connectivity index (χ1v) is 6.07. The average molecular weight is 318 g/mol. The third kappa shape index (κ3) is 4.65.